The SMILES string of the molecule is N=NN=NN=NN=NN=NN=NN=NN=NN=NN=NN=NN=NN=NN=NN=NN=NN=NN=NN=NN=NN=NN=NN=NN=NN=NN=NN=NN=NN=NN=NN=NN=NN=NN=NN=NN=NN=NN=NN=NN=NN=NN=NN=NN=NN=NN=NN=NN=NN=NN=NN=NN=NN=NN=NN=NN=NN=NN=NN=NN=NN=NN=NN=NN=NN=NN=NN=NN=NN=CI. The van der Waals surface area contributed by atoms with Crippen molar-refractivity contribution < 1.29 is 0 Å². The summed E-state index contributed by atoms with van der Waals surface area (Å²) in [5, 5.41) is 408. The smallest absolute Gasteiger partial charge is 0.0897 e. The summed E-state index contributed by atoms with van der Waals surface area (Å²) in [6.07, 6.45) is 0. The van der Waals surface area contributed by atoms with Gasteiger partial charge < -0.3 is 0 Å². The van der Waals surface area contributed by atoms with E-state index in [0.717, 1.165) is 0 Å². The first kappa shape index (κ1) is 112. The molecule has 0 aromatic carbocycles. The van der Waals surface area contributed by atoms with Crippen LogP contribution in [0, 0.1) is 5.53 Å². The van der Waals surface area contributed by atoms with Crippen molar-refractivity contribution in [3.05, 3.63) is 0 Å². The molecule has 0 aromatic rings. The highest BCUT2D eigenvalue weighted by atomic mass is 127. The lowest BCUT2D eigenvalue weighted by molar-refractivity contribution is 0.722. The van der Waals surface area contributed by atoms with E-state index in [1.807, 2.05) is 22.6 Å². The van der Waals surface area contributed by atoms with Crippen LogP contribution >= 0.6 is 22.6 Å². The third-order valence-corrected chi connectivity index (χ3v) is 5.71. The summed E-state index contributed by atoms with van der Waals surface area (Å²) in [5.74, 6) is 0. The molecule has 0 atom stereocenters. The Morgan fingerprint density at radius 2 is 0.115 bits per heavy atom. The number of halogens is 1. The number of rotatable bonds is 68. The van der Waals surface area contributed by atoms with Gasteiger partial charge in [-0.1, -0.05) is 0 Å². The Kier molecular flexibility index (Phi) is 89.8. The lowest BCUT2D eigenvalue weighted by Crippen LogP contribution is -1.52. The molecule has 139 heavy (non-hydrogen) atoms. The summed E-state index contributed by atoms with van der Waals surface area (Å²) >= 11 is 1.81. The van der Waals surface area contributed by atoms with E-state index in [0.29, 0.717) is 0 Å². The Hall–Kier alpha value is -26.8. The minimum absolute atomic E-state index is 1.33. The number of nitrogens with one attached hydrogen (secondary N) is 1. The highest BCUT2D eigenvalue weighted by molar-refractivity contribution is 14.1. The van der Waals surface area contributed by atoms with Crippen molar-refractivity contribution in [2.75, 3.05) is 0 Å². The molecule has 0 aliphatic carbocycles. The Bertz CT molecular complexity index is 5020. The van der Waals surface area contributed by atoms with Crippen LogP contribution in [0.5, 0.6) is 0 Å². The normalized spacial score (nSPS) is 15.7. The van der Waals surface area contributed by atoms with Crippen LogP contribution in [0.3, 0.4) is 0 Å². The Morgan fingerprint density at radius 3 is 0.158 bits per heavy atom. The number of hydrogen-bond donors (Lipinski definition) is 1. The fourth-order valence-electron chi connectivity index (χ4n) is 2.42. The van der Waals surface area contributed by atoms with Crippen LogP contribution in [-0.4, -0.2) is 4.22 Å². The van der Waals surface area contributed by atoms with Gasteiger partial charge >= 0.3 is 0 Å². The molecular formula is CH2IN137. The van der Waals surface area contributed by atoms with Crippen LogP contribution in [0.1, 0.15) is 0 Å². The molecule has 0 heterocycles. The molecule has 0 fully saturated rings. The van der Waals surface area contributed by atoms with Crippen molar-refractivity contribution in [3.63, 3.8) is 0 Å². The fourth-order valence-corrected chi connectivity index (χ4v) is 2.54. The zero-order valence-corrected chi connectivity index (χ0v) is 64.4. The van der Waals surface area contributed by atoms with Crippen LogP contribution in [0.25, 0.3) is 0 Å². The highest BCUT2D eigenvalue weighted by Crippen LogP contribution is 2.02. The van der Waals surface area contributed by atoms with Crippen molar-refractivity contribution in [1.82, 2.24) is 0 Å². The Balaban J connectivity index is 4.14. The first-order valence-corrected chi connectivity index (χ1v) is 28.9. The van der Waals surface area contributed by atoms with Gasteiger partial charge in [0.1, 0.15) is 0 Å². The molecule has 1 N–H and O–H groups in total. The van der Waals surface area contributed by atoms with Crippen LogP contribution in [0.15, 0.2) is 710 Å². The molecule has 0 saturated carbocycles. The van der Waals surface area contributed by atoms with E-state index < -0.39 is 0 Å². The largest absolute Gasteiger partial charge is 0.183 e. The Morgan fingerprint density at radius 1 is 0.0719 bits per heavy atom. The van der Waals surface area contributed by atoms with Gasteiger partial charge in [0.05, 0.1) is 4.22 Å². The second kappa shape index (κ2) is 111. The molecule has 0 amide bonds. The topological polar surface area (TPSA) is 1700 Å². The maximum Gasteiger partial charge on any atom is 0.0897 e. The first-order valence-electron chi connectivity index (χ1n) is 27.7. The lowest BCUT2D eigenvalue weighted by atomic mass is 11.7. The van der Waals surface area contributed by atoms with Gasteiger partial charge in [0, 0.05) is 622 Å². The fraction of sp³-hybridized carbons (Fsp3) is 0. The van der Waals surface area contributed by atoms with E-state index >= 15 is 0 Å². The van der Waals surface area contributed by atoms with Crippen LogP contribution < -0.4 is 0 Å². The van der Waals surface area contributed by atoms with Gasteiger partial charge in [0.15, 0.2) is 0 Å². The first-order chi connectivity index (χ1) is 69.4. The molecule has 137 nitrogen and oxygen atoms in total. The van der Waals surface area contributed by atoms with Crippen molar-refractivity contribution in [1.29, 1.82) is 5.53 Å². The predicted molar refractivity (Wildman–Crippen MR) is 353 cm³/mol. The summed E-state index contributed by atoms with van der Waals surface area (Å²) in [6, 6.07) is 0. The second-order valence-electron chi connectivity index (χ2n) is 12.3. The lowest BCUT2D eigenvalue weighted by Gasteiger charge is -1.71. The summed E-state index contributed by atoms with van der Waals surface area (Å²) in [5.41, 5.74) is 6.28. The molecule has 0 bridgehead atoms. The molecular weight excluding hydrogens is 2060 g/mol. The highest BCUT2D eigenvalue weighted by Gasteiger charge is 1.84. The average molecular weight is 2060 g/mol. The monoisotopic (exact) mass is 2060 g/mol. The van der Waals surface area contributed by atoms with Gasteiger partial charge in [-0.3, -0.25) is 0 Å². The van der Waals surface area contributed by atoms with Crippen molar-refractivity contribution in [2.45, 2.75) is 0 Å². The Labute approximate surface area is 741 Å². The average Bonchev–Trinajstić information content (AvgIpc) is 1.10. The summed E-state index contributed by atoms with van der Waals surface area (Å²) in [6.45, 7) is 0. The third-order valence-electron chi connectivity index (χ3n) is 5.46. The zero-order valence-electron chi connectivity index (χ0n) is 62.3. The van der Waals surface area contributed by atoms with Gasteiger partial charge in [-0.15, -0.1) is 5.10 Å². The van der Waals surface area contributed by atoms with Crippen molar-refractivity contribution in [3.8, 4) is 0 Å². The quantitative estimate of drug-likeness (QED) is 0.0257. The molecule has 0 saturated heterocycles. The van der Waals surface area contributed by atoms with E-state index in [2.05, 4.69) is 710 Å². The van der Waals surface area contributed by atoms with Gasteiger partial charge in [0.25, 0.3) is 0 Å². The van der Waals surface area contributed by atoms with Gasteiger partial charge in [-0.05, 0) is 106 Å². The molecule has 698 valence electrons. The zero-order chi connectivity index (χ0) is 98.9. The second-order valence-corrected chi connectivity index (χ2v) is 12.9. The van der Waals surface area contributed by atoms with Gasteiger partial charge in [0.2, 0.25) is 0 Å². The summed E-state index contributed by atoms with van der Waals surface area (Å²) < 4.78 is 1.33. The summed E-state index contributed by atoms with van der Waals surface area (Å²) in [7, 11) is 0. The maximum atomic E-state index is 6.28. The minimum Gasteiger partial charge on any atom is -0.183 e. The van der Waals surface area contributed by atoms with E-state index in [4.69, 9.17) is 5.53 Å². The standard InChI is InChI=1S/CH2IN137/c2-1-4-6-8-10-12-14-16-18-20-22-24-26-28-30-32-34-36-38-40-42-44-46-48-50-52-54-56-58-60-62-64-66-68-70-72-74-76-78-80-82-84-86-88-90-92-94-96-98-100-102-104-106-108-110-112-114-116-118-120-122-124-126-128-130-132-134-136-138-139-137-135-133-131-129-127-125-123-121-119-117-115-113-111-109-107-105-103-101-99-97-95-93-91-89-87-85-83-81-79-77-75-73-71-69-67-65-63-61-59-57-55-53-51-49-47-45-43-41-39-37-35-33-31-29-27-25-23-21-19-17-15-13-11-9-7-5-3/h1,3H. The van der Waals surface area contributed by atoms with Crippen molar-refractivity contribution in [2.24, 2.45) is 710 Å². The van der Waals surface area contributed by atoms with Crippen molar-refractivity contribution >= 4 is 26.8 Å². The van der Waals surface area contributed by atoms with E-state index in [1.54, 1.807) is 0 Å². The minimum atomic E-state index is 1.33. The molecule has 0 aliphatic rings. The van der Waals surface area contributed by atoms with E-state index in [-0.39, 0.29) is 0 Å². The van der Waals surface area contributed by atoms with Crippen LogP contribution in [0.4, 0.5) is 0 Å². The van der Waals surface area contributed by atoms with Gasteiger partial charge in [-0.25, -0.2) is 0 Å². The molecule has 0 aliphatic heterocycles. The van der Waals surface area contributed by atoms with Gasteiger partial charge in [-0.2, -0.15) is 5.53 Å². The van der Waals surface area contributed by atoms with E-state index in [9.17, 15) is 0 Å². The molecule has 0 spiro atoms. The van der Waals surface area contributed by atoms with Crippen LogP contribution in [0.2, 0.25) is 0 Å². The molecule has 0 aromatic heterocycles. The number of nitrogens with zero attached hydrogens (tertiary/aromatic N) is 136. The maximum absolute atomic E-state index is 6.28. The van der Waals surface area contributed by atoms with E-state index in [1.165, 1.54) is 4.22 Å². The molecule has 0 radical (unpaired) electrons. The third kappa shape index (κ3) is 111. The molecule has 138 heteroatoms. The molecule has 0 unspecified atom stereocenters. The van der Waals surface area contributed by atoms with Crippen LogP contribution in [-0.2, 0) is 0 Å². The number of hydrogen-bond acceptors (Lipinski definition) is 2. The summed E-state index contributed by atoms with van der Waals surface area (Å²) in [4.78, 5) is 0. The predicted octanol–water partition coefficient (Wildman–Crippen LogP) is 26.0. The molecule has 0 rings (SSSR count).